The standard InChI is InChI=1S/C11H18O3Si/c1-8(15)7-9-5-4-6-10(12-2)11(9)14-13-3/h4-6,8H,7H2,1-3,15H3. The molecule has 0 aliphatic rings. The number of para-hydroxylation sites is 1. The van der Waals surface area contributed by atoms with Crippen molar-refractivity contribution in [3.8, 4) is 11.5 Å². The second-order valence-electron chi connectivity index (χ2n) is 3.80. The average Bonchev–Trinajstić information content (AvgIpc) is 2.20. The third-order valence-corrected chi connectivity index (χ3v) is 2.48. The molecule has 0 aromatic heterocycles. The molecule has 0 aliphatic carbocycles. The molecule has 0 N–H and O–H groups in total. The van der Waals surface area contributed by atoms with E-state index in [1.165, 1.54) is 17.4 Å². The Morgan fingerprint density at radius 2 is 2.07 bits per heavy atom. The Morgan fingerprint density at radius 3 is 2.60 bits per heavy atom. The lowest BCUT2D eigenvalue weighted by molar-refractivity contribution is -0.179. The largest absolute Gasteiger partial charge is 0.493 e. The lowest BCUT2D eigenvalue weighted by Gasteiger charge is -2.13. The minimum Gasteiger partial charge on any atom is -0.493 e. The van der Waals surface area contributed by atoms with Gasteiger partial charge >= 0.3 is 0 Å². The van der Waals surface area contributed by atoms with E-state index < -0.39 is 0 Å². The van der Waals surface area contributed by atoms with Crippen LogP contribution in [0.5, 0.6) is 11.5 Å². The highest BCUT2D eigenvalue weighted by atomic mass is 28.1. The summed E-state index contributed by atoms with van der Waals surface area (Å²) in [4.78, 5) is 9.87. The molecule has 1 atom stereocenters. The third-order valence-electron chi connectivity index (χ3n) is 2.08. The second-order valence-corrected chi connectivity index (χ2v) is 5.77. The topological polar surface area (TPSA) is 27.7 Å². The minimum absolute atomic E-state index is 0.699. The molecule has 0 fully saturated rings. The molecule has 84 valence electrons. The van der Waals surface area contributed by atoms with Gasteiger partial charge in [0.25, 0.3) is 0 Å². The van der Waals surface area contributed by atoms with Crippen molar-refractivity contribution in [2.45, 2.75) is 18.9 Å². The minimum atomic E-state index is 0.699. The molecule has 1 rings (SSSR count). The van der Waals surface area contributed by atoms with Gasteiger partial charge in [-0.25, -0.2) is 0 Å². The van der Waals surface area contributed by atoms with Crippen molar-refractivity contribution in [3.63, 3.8) is 0 Å². The first-order chi connectivity index (χ1) is 7.19. The van der Waals surface area contributed by atoms with Crippen molar-refractivity contribution in [2.24, 2.45) is 0 Å². The van der Waals surface area contributed by atoms with Crippen LogP contribution in [-0.2, 0) is 11.3 Å². The zero-order valence-electron chi connectivity index (χ0n) is 9.74. The van der Waals surface area contributed by atoms with E-state index in [2.05, 4.69) is 6.92 Å². The quantitative estimate of drug-likeness (QED) is 0.431. The van der Waals surface area contributed by atoms with Crippen LogP contribution in [0.15, 0.2) is 18.2 Å². The van der Waals surface area contributed by atoms with E-state index in [9.17, 15) is 0 Å². The van der Waals surface area contributed by atoms with Gasteiger partial charge in [0.05, 0.1) is 14.2 Å². The van der Waals surface area contributed by atoms with Crippen molar-refractivity contribution in [2.75, 3.05) is 14.2 Å². The molecule has 0 radical (unpaired) electrons. The van der Waals surface area contributed by atoms with Gasteiger partial charge in [-0.15, -0.1) is 0 Å². The molecule has 4 heteroatoms. The van der Waals surface area contributed by atoms with Crippen LogP contribution in [0.2, 0.25) is 5.54 Å². The van der Waals surface area contributed by atoms with Gasteiger partial charge in [0.15, 0.2) is 5.75 Å². The maximum atomic E-state index is 5.23. The first-order valence-electron chi connectivity index (χ1n) is 5.05. The third kappa shape index (κ3) is 3.25. The van der Waals surface area contributed by atoms with E-state index in [1.54, 1.807) is 7.11 Å². The molecule has 15 heavy (non-hydrogen) atoms. The predicted molar refractivity (Wildman–Crippen MR) is 63.7 cm³/mol. The van der Waals surface area contributed by atoms with Crippen LogP contribution in [0, 0.1) is 0 Å². The first-order valence-corrected chi connectivity index (χ1v) is 6.21. The van der Waals surface area contributed by atoms with E-state index >= 15 is 0 Å². The van der Waals surface area contributed by atoms with Gasteiger partial charge in [0.1, 0.15) is 0 Å². The maximum Gasteiger partial charge on any atom is 0.210 e. The number of rotatable bonds is 5. The number of benzene rings is 1. The first kappa shape index (κ1) is 12.1. The summed E-state index contributed by atoms with van der Waals surface area (Å²) in [5, 5.41) is 0. The van der Waals surface area contributed by atoms with Crippen LogP contribution in [0.25, 0.3) is 0 Å². The number of hydrogen-bond donors (Lipinski definition) is 0. The highest BCUT2D eigenvalue weighted by molar-refractivity contribution is 6.11. The van der Waals surface area contributed by atoms with Gasteiger partial charge in [-0.2, -0.15) is 4.89 Å². The SMILES string of the molecule is COOc1c(CC(C)[SiH3])cccc1OC. The monoisotopic (exact) mass is 226 g/mol. The Bertz CT molecular complexity index is 313. The summed E-state index contributed by atoms with van der Waals surface area (Å²) in [7, 11) is 4.30. The summed E-state index contributed by atoms with van der Waals surface area (Å²) in [6, 6.07) is 5.89. The molecular formula is C11H18O3Si. The van der Waals surface area contributed by atoms with Crippen molar-refractivity contribution < 1.29 is 14.5 Å². The predicted octanol–water partition coefficient (Wildman–Crippen LogP) is 1.35. The van der Waals surface area contributed by atoms with E-state index in [-0.39, 0.29) is 0 Å². The fourth-order valence-corrected chi connectivity index (χ4v) is 1.94. The van der Waals surface area contributed by atoms with Crippen LogP contribution in [0.3, 0.4) is 0 Å². The molecule has 1 aromatic rings. The average molecular weight is 226 g/mol. The summed E-state index contributed by atoms with van der Waals surface area (Å²) >= 11 is 0. The van der Waals surface area contributed by atoms with Gasteiger partial charge < -0.3 is 9.62 Å². The van der Waals surface area contributed by atoms with Crippen LogP contribution in [0.1, 0.15) is 12.5 Å². The molecule has 0 heterocycles. The van der Waals surface area contributed by atoms with E-state index in [1.807, 2.05) is 18.2 Å². The Balaban J connectivity index is 3.01. The molecule has 0 saturated heterocycles. The summed E-state index contributed by atoms with van der Waals surface area (Å²) in [5.74, 6) is 1.42. The molecule has 0 amide bonds. The van der Waals surface area contributed by atoms with Gasteiger partial charge in [0.2, 0.25) is 5.75 Å². The number of methoxy groups -OCH3 is 1. The van der Waals surface area contributed by atoms with Gasteiger partial charge in [0, 0.05) is 15.8 Å². The van der Waals surface area contributed by atoms with Crippen LogP contribution >= 0.6 is 0 Å². The van der Waals surface area contributed by atoms with Crippen molar-refractivity contribution in [1.29, 1.82) is 0 Å². The van der Waals surface area contributed by atoms with Crippen molar-refractivity contribution in [3.05, 3.63) is 23.8 Å². The Kier molecular flexibility index (Phi) is 4.65. The number of hydrogen-bond acceptors (Lipinski definition) is 3. The van der Waals surface area contributed by atoms with Crippen molar-refractivity contribution in [1.82, 2.24) is 0 Å². The molecule has 0 saturated carbocycles. The molecule has 0 bridgehead atoms. The molecule has 0 aliphatic heterocycles. The highest BCUT2D eigenvalue weighted by Crippen LogP contribution is 2.32. The smallest absolute Gasteiger partial charge is 0.210 e. The van der Waals surface area contributed by atoms with Gasteiger partial charge in [-0.05, 0) is 12.5 Å². The van der Waals surface area contributed by atoms with E-state index in [4.69, 9.17) is 14.5 Å². The summed E-state index contributed by atoms with van der Waals surface area (Å²) < 4.78 is 5.23. The van der Waals surface area contributed by atoms with E-state index in [0.29, 0.717) is 11.3 Å². The summed E-state index contributed by atoms with van der Waals surface area (Å²) in [6.45, 7) is 2.22. The number of ether oxygens (including phenoxy) is 1. The fraction of sp³-hybridized carbons (Fsp3) is 0.455. The zero-order valence-corrected chi connectivity index (χ0v) is 11.7. The second kappa shape index (κ2) is 5.78. The molecule has 1 unspecified atom stereocenters. The fourth-order valence-electron chi connectivity index (χ4n) is 1.50. The maximum absolute atomic E-state index is 5.23. The highest BCUT2D eigenvalue weighted by Gasteiger charge is 2.12. The lowest BCUT2D eigenvalue weighted by Crippen LogP contribution is -2.01. The summed E-state index contributed by atoms with van der Waals surface area (Å²) in [5.41, 5.74) is 1.84. The Labute approximate surface area is 93.7 Å². The van der Waals surface area contributed by atoms with Gasteiger partial charge in [-0.1, -0.05) is 24.6 Å². The molecule has 1 aromatic carbocycles. The van der Waals surface area contributed by atoms with E-state index in [0.717, 1.165) is 17.7 Å². The Hall–Kier alpha value is -1.00. The van der Waals surface area contributed by atoms with Crippen LogP contribution in [0.4, 0.5) is 0 Å². The van der Waals surface area contributed by atoms with Gasteiger partial charge in [-0.3, -0.25) is 0 Å². The van der Waals surface area contributed by atoms with Crippen molar-refractivity contribution >= 4 is 10.2 Å². The Morgan fingerprint density at radius 1 is 1.33 bits per heavy atom. The van der Waals surface area contributed by atoms with Crippen LogP contribution < -0.4 is 9.62 Å². The lowest BCUT2D eigenvalue weighted by atomic mass is 10.1. The van der Waals surface area contributed by atoms with Crippen LogP contribution in [-0.4, -0.2) is 24.5 Å². The molecule has 0 spiro atoms. The summed E-state index contributed by atoms with van der Waals surface area (Å²) in [6.07, 6.45) is 1.00. The molecule has 3 nitrogen and oxygen atoms in total. The normalized spacial score (nSPS) is 12.5. The molecular weight excluding hydrogens is 208 g/mol. The zero-order chi connectivity index (χ0) is 11.3.